The van der Waals surface area contributed by atoms with Crippen LogP contribution in [0, 0.1) is 22.7 Å². The van der Waals surface area contributed by atoms with Crippen molar-refractivity contribution in [3.8, 4) is 35.1 Å². The Hall–Kier alpha value is -6.50. The van der Waals surface area contributed by atoms with Crippen molar-refractivity contribution < 1.29 is 19.7 Å². The number of nitrogens with zero attached hydrogens (tertiary/aromatic N) is 2. The number of ether oxygens (including phenoxy) is 2. The van der Waals surface area contributed by atoms with E-state index < -0.39 is 0 Å². The molecule has 0 saturated heterocycles. The molecule has 0 atom stereocenters. The van der Waals surface area contributed by atoms with Gasteiger partial charge in [-0.3, -0.25) is 0 Å². The number of phenols is 2. The molecule has 6 aromatic rings. The molecule has 1 aliphatic carbocycles. The van der Waals surface area contributed by atoms with E-state index in [1.165, 1.54) is 0 Å². The molecule has 6 nitrogen and oxygen atoms in total. The summed E-state index contributed by atoms with van der Waals surface area (Å²) in [4.78, 5) is 0. The van der Waals surface area contributed by atoms with Crippen LogP contribution in [0.2, 0.25) is 0 Å². The highest BCUT2D eigenvalue weighted by atomic mass is 16.5. The molecular weight excluding hydrogens is 645 g/mol. The third-order valence-electron chi connectivity index (χ3n) is 9.55. The van der Waals surface area contributed by atoms with Crippen molar-refractivity contribution in [3.05, 3.63) is 188 Å². The summed E-state index contributed by atoms with van der Waals surface area (Å²) in [5.41, 5.74) is 9.98. The third-order valence-corrected chi connectivity index (χ3v) is 9.55. The normalized spacial score (nSPS) is 12.0. The summed E-state index contributed by atoms with van der Waals surface area (Å²) >= 11 is 0. The molecule has 6 heteroatoms. The van der Waals surface area contributed by atoms with Gasteiger partial charge in [-0.2, -0.15) is 10.5 Å². The van der Waals surface area contributed by atoms with Gasteiger partial charge >= 0.3 is 0 Å². The minimum atomic E-state index is 0.181. The fourth-order valence-corrected chi connectivity index (χ4v) is 7.08. The Morgan fingerprint density at radius 1 is 0.423 bits per heavy atom. The Morgan fingerprint density at radius 2 is 0.750 bits per heavy atom. The van der Waals surface area contributed by atoms with Crippen LogP contribution < -0.4 is 9.47 Å². The number of hydrogen-bond donors (Lipinski definition) is 2. The Morgan fingerprint density at radius 3 is 1.06 bits per heavy atom. The Labute approximate surface area is 304 Å². The highest BCUT2D eigenvalue weighted by Crippen LogP contribution is 2.39. The van der Waals surface area contributed by atoms with Gasteiger partial charge in [0.1, 0.15) is 36.2 Å². The predicted molar refractivity (Wildman–Crippen MR) is 201 cm³/mol. The van der Waals surface area contributed by atoms with Gasteiger partial charge in [-0.15, -0.1) is 0 Å². The van der Waals surface area contributed by atoms with Crippen LogP contribution >= 0.6 is 0 Å². The first-order valence-corrected chi connectivity index (χ1v) is 17.4. The fourth-order valence-electron chi connectivity index (χ4n) is 7.08. The van der Waals surface area contributed by atoms with E-state index in [-0.39, 0.29) is 24.3 Å². The number of nitriles is 2. The molecule has 8 bridgehead atoms. The number of aromatic hydroxyl groups is 2. The Kier molecular flexibility index (Phi) is 10.2. The summed E-state index contributed by atoms with van der Waals surface area (Å²) in [6.45, 7) is 0.670. The predicted octanol–water partition coefficient (Wildman–Crippen LogP) is 9.06. The van der Waals surface area contributed by atoms with Gasteiger partial charge in [0.15, 0.2) is 0 Å². The molecular formula is C46H38N2O4. The van der Waals surface area contributed by atoms with Crippen molar-refractivity contribution in [2.45, 2.75) is 51.7 Å². The van der Waals surface area contributed by atoms with Gasteiger partial charge in [-0.1, -0.05) is 121 Å². The van der Waals surface area contributed by atoms with E-state index in [1.807, 2.05) is 121 Å². The zero-order valence-corrected chi connectivity index (χ0v) is 28.8. The molecule has 6 aromatic carbocycles. The lowest BCUT2D eigenvalue weighted by Gasteiger charge is -2.22. The topological polar surface area (TPSA) is 106 Å². The molecule has 0 radical (unpaired) electrons. The SMILES string of the molecule is N#CCc1cc2c(OCc3ccccc3)c(c1)Cc1cccc(c1O)Cc1cc(CC#N)cc(c1OCc1ccccc1)Cc1cccc(c1O)C2. The minimum absolute atomic E-state index is 0.181. The van der Waals surface area contributed by atoms with Gasteiger partial charge in [-0.25, -0.2) is 0 Å². The lowest BCUT2D eigenvalue weighted by Crippen LogP contribution is -2.08. The molecule has 0 spiro atoms. The maximum atomic E-state index is 11.9. The first kappa shape index (κ1) is 34.0. The van der Waals surface area contributed by atoms with Crippen LogP contribution in [0.3, 0.4) is 0 Å². The van der Waals surface area contributed by atoms with E-state index >= 15 is 0 Å². The van der Waals surface area contributed by atoms with Crippen LogP contribution in [-0.4, -0.2) is 10.2 Å². The summed E-state index contributed by atoms with van der Waals surface area (Å²) in [6.07, 6.45) is 1.86. The number of fused-ring (bicyclic) bond motifs is 8. The van der Waals surface area contributed by atoms with Crippen molar-refractivity contribution in [2.75, 3.05) is 0 Å². The van der Waals surface area contributed by atoms with E-state index in [2.05, 4.69) is 12.1 Å². The van der Waals surface area contributed by atoms with Gasteiger partial charge in [0, 0.05) is 25.7 Å². The molecule has 0 aromatic heterocycles. The third kappa shape index (κ3) is 7.63. The average molecular weight is 683 g/mol. The minimum Gasteiger partial charge on any atom is -0.507 e. The van der Waals surface area contributed by atoms with Crippen molar-refractivity contribution >= 4 is 0 Å². The number of hydrogen-bond acceptors (Lipinski definition) is 6. The van der Waals surface area contributed by atoms with Crippen molar-refractivity contribution in [2.24, 2.45) is 0 Å². The molecule has 0 heterocycles. The smallest absolute Gasteiger partial charge is 0.126 e. The highest BCUT2D eigenvalue weighted by molar-refractivity contribution is 5.57. The van der Waals surface area contributed by atoms with E-state index in [1.54, 1.807) is 0 Å². The maximum absolute atomic E-state index is 11.9. The molecule has 0 fully saturated rings. The van der Waals surface area contributed by atoms with Gasteiger partial charge in [0.25, 0.3) is 0 Å². The molecule has 1 aliphatic rings. The number of benzene rings is 6. The first-order valence-electron chi connectivity index (χ1n) is 17.4. The lowest BCUT2D eigenvalue weighted by atomic mass is 9.89. The van der Waals surface area contributed by atoms with Crippen molar-refractivity contribution in [1.29, 1.82) is 10.5 Å². The quantitative estimate of drug-likeness (QED) is 0.166. The van der Waals surface area contributed by atoms with Crippen molar-refractivity contribution in [1.82, 2.24) is 0 Å². The molecule has 0 aliphatic heterocycles. The highest BCUT2D eigenvalue weighted by Gasteiger charge is 2.22. The van der Waals surface area contributed by atoms with Gasteiger partial charge in [0.2, 0.25) is 0 Å². The van der Waals surface area contributed by atoms with Crippen LogP contribution in [-0.2, 0) is 51.7 Å². The molecule has 0 saturated carbocycles. The maximum Gasteiger partial charge on any atom is 0.126 e. The summed E-state index contributed by atoms with van der Waals surface area (Å²) < 4.78 is 13.2. The van der Waals surface area contributed by atoms with Crippen LogP contribution in [0.25, 0.3) is 0 Å². The van der Waals surface area contributed by atoms with Crippen LogP contribution in [0.5, 0.6) is 23.0 Å². The van der Waals surface area contributed by atoms with Gasteiger partial charge in [0.05, 0.1) is 25.0 Å². The summed E-state index contributed by atoms with van der Waals surface area (Å²) in [6, 6.07) is 44.0. The molecule has 52 heavy (non-hydrogen) atoms. The monoisotopic (exact) mass is 682 g/mol. The zero-order valence-electron chi connectivity index (χ0n) is 28.8. The average Bonchev–Trinajstić information content (AvgIpc) is 3.15. The summed E-state index contributed by atoms with van der Waals surface area (Å²) in [5.74, 6) is 1.71. The van der Waals surface area contributed by atoms with E-state index in [9.17, 15) is 20.7 Å². The van der Waals surface area contributed by atoms with E-state index in [4.69, 9.17) is 9.47 Å². The number of para-hydroxylation sites is 2. The van der Waals surface area contributed by atoms with Gasteiger partial charge in [-0.05, 0) is 66.8 Å². The first-order chi connectivity index (χ1) is 25.5. The zero-order chi connectivity index (χ0) is 35.9. The largest absolute Gasteiger partial charge is 0.507 e. The summed E-state index contributed by atoms with van der Waals surface area (Å²) in [5, 5.41) is 43.2. The Bertz CT molecular complexity index is 2050. The number of phenolic OH excluding ortho intramolecular Hbond substituents is 2. The standard InChI is InChI=1S/C46H38N2O4/c47-19-17-33-21-39-25-35-13-7-15-37(43(35)49)27-41-23-34(18-20-48)24-42(46(41)52-30-32-11-5-2-6-12-32)28-38-16-8-14-36(44(38)50)26-40(22-33)45(39)51-29-31-9-3-1-4-10-31/h1-16,21-24,49-50H,17-18,25-30H2. The van der Waals surface area contributed by atoms with Crippen molar-refractivity contribution in [3.63, 3.8) is 0 Å². The van der Waals surface area contributed by atoms with E-state index in [0.29, 0.717) is 50.4 Å². The van der Waals surface area contributed by atoms with Gasteiger partial charge < -0.3 is 19.7 Å². The second-order valence-electron chi connectivity index (χ2n) is 13.3. The lowest BCUT2D eigenvalue weighted by molar-refractivity contribution is 0.300. The molecule has 256 valence electrons. The second kappa shape index (κ2) is 15.6. The second-order valence-corrected chi connectivity index (χ2v) is 13.3. The van der Waals surface area contributed by atoms with Crippen LogP contribution in [0.1, 0.15) is 66.8 Å². The molecule has 0 unspecified atom stereocenters. The van der Waals surface area contributed by atoms with Crippen LogP contribution in [0.4, 0.5) is 0 Å². The Balaban J connectivity index is 1.41. The molecule has 0 amide bonds. The number of rotatable bonds is 8. The summed E-state index contributed by atoms with van der Waals surface area (Å²) in [7, 11) is 0. The fraction of sp³-hybridized carbons (Fsp3) is 0.174. The molecule has 7 rings (SSSR count). The van der Waals surface area contributed by atoms with Crippen LogP contribution in [0.15, 0.2) is 121 Å². The molecule has 2 N–H and O–H groups in total. The van der Waals surface area contributed by atoms with E-state index in [0.717, 1.165) is 66.8 Å².